The summed E-state index contributed by atoms with van der Waals surface area (Å²) in [5.41, 5.74) is 12.5. The molecule has 98 valence electrons. The number of amides is 1. The number of nitrogens with one attached hydrogen (secondary N) is 1. The van der Waals surface area contributed by atoms with Crippen molar-refractivity contribution in [1.29, 1.82) is 0 Å². The van der Waals surface area contributed by atoms with Crippen LogP contribution in [0.3, 0.4) is 0 Å². The van der Waals surface area contributed by atoms with E-state index in [4.69, 9.17) is 11.5 Å². The molecule has 1 aromatic heterocycles. The highest BCUT2D eigenvalue weighted by molar-refractivity contribution is 9.10. The normalized spacial score (nSPS) is 10.2. The van der Waals surface area contributed by atoms with E-state index in [1.165, 1.54) is 6.20 Å². The fraction of sp³-hybridized carbons (Fsp3) is 0.0769. The molecule has 0 bridgehead atoms. The van der Waals surface area contributed by atoms with Gasteiger partial charge in [-0.15, -0.1) is 0 Å². The molecule has 1 amide bonds. The third kappa shape index (κ3) is 3.45. The number of carbonyl (C=O) groups is 1. The van der Waals surface area contributed by atoms with Crippen LogP contribution < -0.4 is 16.8 Å². The summed E-state index contributed by atoms with van der Waals surface area (Å²) in [6.07, 6.45) is 1.42. The van der Waals surface area contributed by atoms with E-state index in [0.717, 1.165) is 10.0 Å². The third-order valence-corrected chi connectivity index (χ3v) is 3.12. The molecular weight excluding hydrogens is 308 g/mol. The number of halogens is 1. The van der Waals surface area contributed by atoms with Crippen LogP contribution in [0.15, 0.2) is 41.0 Å². The first-order chi connectivity index (χ1) is 9.06. The molecular formula is C13H13BrN4O. The lowest BCUT2D eigenvalue weighted by atomic mass is 10.2. The summed E-state index contributed by atoms with van der Waals surface area (Å²) < 4.78 is 1.03. The zero-order valence-corrected chi connectivity index (χ0v) is 11.6. The van der Waals surface area contributed by atoms with Gasteiger partial charge in [-0.25, -0.2) is 4.98 Å². The van der Waals surface area contributed by atoms with Gasteiger partial charge in [-0.2, -0.15) is 0 Å². The van der Waals surface area contributed by atoms with Crippen molar-refractivity contribution >= 4 is 33.3 Å². The van der Waals surface area contributed by atoms with Gasteiger partial charge in [0, 0.05) is 11.0 Å². The molecule has 0 radical (unpaired) electrons. The number of hydrogen-bond acceptors (Lipinski definition) is 4. The van der Waals surface area contributed by atoms with Crippen molar-refractivity contribution in [3.05, 3.63) is 52.1 Å². The first-order valence-electron chi connectivity index (χ1n) is 5.60. The molecule has 0 spiro atoms. The number of nitrogens with two attached hydrogens (primary N) is 2. The van der Waals surface area contributed by atoms with Crippen LogP contribution in [-0.4, -0.2) is 10.9 Å². The minimum Gasteiger partial charge on any atom is -0.397 e. The predicted octanol–water partition coefficient (Wildman–Crippen LogP) is 2.14. The fourth-order valence-electron chi connectivity index (χ4n) is 1.57. The predicted molar refractivity (Wildman–Crippen MR) is 78.6 cm³/mol. The monoisotopic (exact) mass is 320 g/mol. The highest BCUT2D eigenvalue weighted by atomic mass is 79.9. The van der Waals surface area contributed by atoms with Crippen LogP contribution in [0.1, 0.15) is 15.9 Å². The summed E-state index contributed by atoms with van der Waals surface area (Å²) in [7, 11) is 0. The van der Waals surface area contributed by atoms with Crippen molar-refractivity contribution in [2.24, 2.45) is 5.73 Å². The molecule has 5 N–H and O–H groups in total. The van der Waals surface area contributed by atoms with Crippen LogP contribution in [-0.2, 0) is 6.54 Å². The Bertz CT molecular complexity index is 598. The summed E-state index contributed by atoms with van der Waals surface area (Å²) in [6, 6.07) is 9.45. The van der Waals surface area contributed by atoms with Gasteiger partial charge >= 0.3 is 0 Å². The summed E-state index contributed by atoms with van der Waals surface area (Å²) in [6.45, 7) is 0.600. The van der Waals surface area contributed by atoms with Crippen molar-refractivity contribution in [3.63, 3.8) is 0 Å². The van der Waals surface area contributed by atoms with Gasteiger partial charge in [0.1, 0.15) is 5.82 Å². The van der Waals surface area contributed by atoms with Crippen molar-refractivity contribution < 1.29 is 4.79 Å². The van der Waals surface area contributed by atoms with Crippen molar-refractivity contribution in [3.8, 4) is 0 Å². The number of carbonyl (C=O) groups excluding carboxylic acids is 1. The van der Waals surface area contributed by atoms with Crippen LogP contribution >= 0.6 is 15.9 Å². The van der Waals surface area contributed by atoms with Crippen LogP contribution in [0.5, 0.6) is 0 Å². The Balaban J connectivity index is 2.09. The average molecular weight is 321 g/mol. The molecule has 0 saturated carbocycles. The zero-order valence-electron chi connectivity index (χ0n) is 10.1. The lowest BCUT2D eigenvalue weighted by Crippen LogP contribution is -2.14. The number of primary amides is 1. The van der Waals surface area contributed by atoms with Gasteiger partial charge in [0.15, 0.2) is 0 Å². The van der Waals surface area contributed by atoms with E-state index in [-0.39, 0.29) is 11.3 Å². The van der Waals surface area contributed by atoms with Gasteiger partial charge < -0.3 is 16.8 Å². The molecule has 2 rings (SSSR count). The quantitative estimate of drug-likeness (QED) is 0.804. The average Bonchev–Trinajstić information content (AvgIpc) is 2.39. The second-order valence-corrected chi connectivity index (χ2v) is 4.92. The summed E-state index contributed by atoms with van der Waals surface area (Å²) in [5.74, 6) is -0.00231. The van der Waals surface area contributed by atoms with Crippen LogP contribution in [0, 0.1) is 0 Å². The van der Waals surface area contributed by atoms with Crippen LogP contribution in [0.2, 0.25) is 0 Å². The Labute approximate surface area is 119 Å². The molecule has 0 aliphatic heterocycles. The van der Waals surface area contributed by atoms with Gasteiger partial charge in [-0.1, -0.05) is 28.1 Å². The number of nitrogen functional groups attached to an aromatic ring is 1. The molecule has 1 heterocycles. The van der Waals surface area contributed by atoms with E-state index in [2.05, 4.69) is 26.2 Å². The molecule has 2 aromatic rings. The molecule has 0 unspecified atom stereocenters. The van der Waals surface area contributed by atoms with E-state index in [9.17, 15) is 4.79 Å². The maximum atomic E-state index is 11.2. The number of anilines is 2. The molecule has 19 heavy (non-hydrogen) atoms. The van der Waals surface area contributed by atoms with Gasteiger partial charge in [0.2, 0.25) is 0 Å². The van der Waals surface area contributed by atoms with Crippen molar-refractivity contribution in [2.45, 2.75) is 6.54 Å². The molecule has 6 heteroatoms. The Morgan fingerprint density at radius 2 is 2.00 bits per heavy atom. The topological polar surface area (TPSA) is 94.0 Å². The van der Waals surface area contributed by atoms with Gasteiger partial charge in [-0.3, -0.25) is 4.79 Å². The van der Waals surface area contributed by atoms with Gasteiger partial charge in [0.05, 0.1) is 17.4 Å². The number of benzene rings is 1. The Morgan fingerprint density at radius 1 is 1.32 bits per heavy atom. The van der Waals surface area contributed by atoms with Crippen LogP contribution in [0.4, 0.5) is 11.5 Å². The van der Waals surface area contributed by atoms with E-state index >= 15 is 0 Å². The minimum atomic E-state index is -0.563. The number of nitrogens with zero attached hydrogens (tertiary/aromatic N) is 1. The van der Waals surface area contributed by atoms with E-state index in [1.54, 1.807) is 6.07 Å². The summed E-state index contributed by atoms with van der Waals surface area (Å²) in [4.78, 5) is 15.3. The molecule has 5 nitrogen and oxygen atoms in total. The second-order valence-electron chi connectivity index (χ2n) is 4.00. The van der Waals surface area contributed by atoms with Gasteiger partial charge in [-0.05, 0) is 23.8 Å². The Morgan fingerprint density at radius 3 is 2.63 bits per heavy atom. The highest BCUT2D eigenvalue weighted by Crippen LogP contribution is 2.16. The molecule has 1 aromatic carbocycles. The van der Waals surface area contributed by atoms with Crippen LogP contribution in [0.25, 0.3) is 0 Å². The highest BCUT2D eigenvalue weighted by Gasteiger charge is 2.07. The fourth-order valence-corrected chi connectivity index (χ4v) is 1.84. The largest absolute Gasteiger partial charge is 0.397 e. The Hall–Kier alpha value is -2.08. The molecule has 0 saturated heterocycles. The lowest BCUT2D eigenvalue weighted by Gasteiger charge is -2.08. The number of pyridine rings is 1. The maximum Gasteiger partial charge on any atom is 0.250 e. The zero-order chi connectivity index (χ0) is 13.8. The second kappa shape index (κ2) is 5.71. The first-order valence-corrected chi connectivity index (χ1v) is 6.39. The Kier molecular flexibility index (Phi) is 4.01. The van der Waals surface area contributed by atoms with Crippen molar-refractivity contribution in [2.75, 3.05) is 11.1 Å². The molecule has 0 fully saturated rings. The molecule has 0 atom stereocenters. The van der Waals surface area contributed by atoms with Crippen molar-refractivity contribution in [1.82, 2.24) is 4.98 Å². The first kappa shape index (κ1) is 13.4. The summed E-state index contributed by atoms with van der Waals surface area (Å²) in [5, 5.41) is 3.11. The molecule has 0 aliphatic carbocycles. The number of hydrogen-bond donors (Lipinski definition) is 3. The maximum absolute atomic E-state index is 11.2. The minimum absolute atomic E-state index is 0.272. The number of aromatic nitrogens is 1. The standard InChI is InChI=1S/C13H13BrN4O/c14-9-3-1-8(2-4-9)6-17-12-5-10(13(16)19)11(15)7-18-12/h1-5,7H,6,15H2,(H2,16,19)(H,17,18). The van der Waals surface area contributed by atoms with E-state index in [0.29, 0.717) is 12.4 Å². The van der Waals surface area contributed by atoms with E-state index < -0.39 is 5.91 Å². The molecule has 0 aliphatic rings. The lowest BCUT2D eigenvalue weighted by molar-refractivity contribution is 0.100. The third-order valence-electron chi connectivity index (χ3n) is 2.59. The van der Waals surface area contributed by atoms with Gasteiger partial charge in [0.25, 0.3) is 5.91 Å². The summed E-state index contributed by atoms with van der Waals surface area (Å²) >= 11 is 3.38. The van der Waals surface area contributed by atoms with E-state index in [1.807, 2.05) is 24.3 Å². The SMILES string of the molecule is NC(=O)c1cc(NCc2ccc(Br)cc2)ncc1N. The smallest absolute Gasteiger partial charge is 0.250 e. The number of rotatable bonds is 4.